The first-order chi connectivity index (χ1) is 8.74. The van der Waals surface area contributed by atoms with Gasteiger partial charge in [-0.3, -0.25) is 0 Å². The van der Waals surface area contributed by atoms with Crippen molar-refractivity contribution in [2.24, 2.45) is 0 Å². The number of H-pyrrole nitrogens is 2. The Balaban J connectivity index is 1.83. The summed E-state index contributed by atoms with van der Waals surface area (Å²) in [7, 11) is 0. The molecule has 2 heterocycles. The SMILES string of the molecule is O=C(/C=C/C(=O)Oc1cc[nH]c1)Oc1cc[nH]c1. The molecule has 0 bridgehead atoms. The zero-order valence-electron chi connectivity index (χ0n) is 9.25. The van der Waals surface area contributed by atoms with E-state index < -0.39 is 11.9 Å². The molecule has 0 aliphatic carbocycles. The van der Waals surface area contributed by atoms with Crippen LogP contribution < -0.4 is 9.47 Å². The normalized spacial score (nSPS) is 10.4. The summed E-state index contributed by atoms with van der Waals surface area (Å²) in [6.07, 6.45) is 8.27. The molecule has 0 aromatic carbocycles. The van der Waals surface area contributed by atoms with Gasteiger partial charge in [-0.1, -0.05) is 0 Å². The van der Waals surface area contributed by atoms with Crippen molar-refractivity contribution in [3.63, 3.8) is 0 Å². The fourth-order valence-corrected chi connectivity index (χ4v) is 1.18. The van der Waals surface area contributed by atoms with E-state index in [-0.39, 0.29) is 0 Å². The maximum absolute atomic E-state index is 11.3. The molecule has 0 amide bonds. The molecule has 0 saturated heterocycles. The Morgan fingerprint density at radius 2 is 1.33 bits per heavy atom. The van der Waals surface area contributed by atoms with Gasteiger partial charge >= 0.3 is 11.9 Å². The number of carbonyl (C=O) groups is 2. The molecule has 2 aromatic rings. The van der Waals surface area contributed by atoms with Crippen LogP contribution in [0.3, 0.4) is 0 Å². The third kappa shape index (κ3) is 3.38. The first-order valence-corrected chi connectivity index (χ1v) is 5.11. The van der Waals surface area contributed by atoms with Gasteiger partial charge in [-0.05, 0) is 12.1 Å². The molecule has 18 heavy (non-hydrogen) atoms. The molecule has 92 valence electrons. The van der Waals surface area contributed by atoms with E-state index in [2.05, 4.69) is 9.97 Å². The number of aromatic nitrogens is 2. The average Bonchev–Trinajstić information content (AvgIpc) is 2.99. The highest BCUT2D eigenvalue weighted by Gasteiger charge is 2.04. The highest BCUT2D eigenvalue weighted by molar-refractivity contribution is 5.93. The van der Waals surface area contributed by atoms with Crippen LogP contribution in [0.2, 0.25) is 0 Å². The topological polar surface area (TPSA) is 84.2 Å². The summed E-state index contributed by atoms with van der Waals surface area (Å²) in [5.41, 5.74) is 0. The lowest BCUT2D eigenvalue weighted by Gasteiger charge is -1.97. The van der Waals surface area contributed by atoms with Crippen LogP contribution >= 0.6 is 0 Å². The van der Waals surface area contributed by atoms with Crippen LogP contribution in [-0.2, 0) is 9.59 Å². The largest absolute Gasteiger partial charge is 0.422 e. The van der Waals surface area contributed by atoms with Crippen molar-refractivity contribution < 1.29 is 19.1 Å². The number of ether oxygens (including phenoxy) is 2. The summed E-state index contributed by atoms with van der Waals surface area (Å²) < 4.78 is 9.74. The van der Waals surface area contributed by atoms with Gasteiger partial charge in [-0.15, -0.1) is 0 Å². The second-order valence-corrected chi connectivity index (χ2v) is 3.27. The van der Waals surface area contributed by atoms with E-state index in [9.17, 15) is 9.59 Å². The van der Waals surface area contributed by atoms with Gasteiger partial charge in [0.1, 0.15) is 11.5 Å². The van der Waals surface area contributed by atoms with Crippen LogP contribution in [-0.4, -0.2) is 21.9 Å². The molecule has 0 unspecified atom stereocenters. The van der Waals surface area contributed by atoms with E-state index in [1.807, 2.05) is 0 Å². The number of hydrogen-bond donors (Lipinski definition) is 2. The number of nitrogens with one attached hydrogen (secondary N) is 2. The zero-order chi connectivity index (χ0) is 12.8. The number of aromatic amines is 2. The van der Waals surface area contributed by atoms with Crippen molar-refractivity contribution in [3.05, 3.63) is 49.1 Å². The molecule has 0 radical (unpaired) electrons. The fraction of sp³-hybridized carbons (Fsp3) is 0. The van der Waals surface area contributed by atoms with Crippen LogP contribution in [0.25, 0.3) is 0 Å². The minimum atomic E-state index is -0.652. The molecular weight excluding hydrogens is 236 g/mol. The maximum atomic E-state index is 11.3. The highest BCUT2D eigenvalue weighted by Crippen LogP contribution is 2.08. The second kappa shape index (κ2) is 5.53. The first-order valence-electron chi connectivity index (χ1n) is 5.11. The van der Waals surface area contributed by atoms with Crippen molar-refractivity contribution in [1.29, 1.82) is 0 Å². The summed E-state index contributed by atoms with van der Waals surface area (Å²) in [5.74, 6) is -0.548. The van der Waals surface area contributed by atoms with Crippen LogP contribution in [0.4, 0.5) is 0 Å². The Morgan fingerprint density at radius 3 is 1.67 bits per heavy atom. The minimum Gasteiger partial charge on any atom is -0.422 e. The number of esters is 2. The van der Waals surface area contributed by atoms with E-state index >= 15 is 0 Å². The lowest BCUT2D eigenvalue weighted by Crippen LogP contribution is -2.07. The van der Waals surface area contributed by atoms with E-state index in [0.717, 1.165) is 12.2 Å². The van der Waals surface area contributed by atoms with E-state index in [0.29, 0.717) is 11.5 Å². The highest BCUT2D eigenvalue weighted by atomic mass is 16.5. The molecule has 2 N–H and O–H groups in total. The van der Waals surface area contributed by atoms with Crippen LogP contribution in [0, 0.1) is 0 Å². The van der Waals surface area contributed by atoms with E-state index in [1.54, 1.807) is 24.5 Å². The molecule has 6 nitrogen and oxygen atoms in total. The molecule has 2 rings (SSSR count). The van der Waals surface area contributed by atoms with Gasteiger partial charge in [0.05, 0.1) is 0 Å². The van der Waals surface area contributed by atoms with Gasteiger partial charge in [0.25, 0.3) is 0 Å². The number of rotatable bonds is 4. The Morgan fingerprint density at radius 1 is 0.889 bits per heavy atom. The molecule has 0 spiro atoms. The van der Waals surface area contributed by atoms with Crippen molar-refractivity contribution in [2.75, 3.05) is 0 Å². The lowest BCUT2D eigenvalue weighted by molar-refractivity contribution is -0.131. The molecule has 2 aromatic heterocycles. The molecule has 0 aliphatic rings. The summed E-state index contributed by atoms with van der Waals surface area (Å²) >= 11 is 0. The monoisotopic (exact) mass is 246 g/mol. The maximum Gasteiger partial charge on any atom is 0.336 e. The van der Waals surface area contributed by atoms with Gasteiger partial charge < -0.3 is 19.4 Å². The lowest BCUT2D eigenvalue weighted by atomic mass is 10.5. The second-order valence-electron chi connectivity index (χ2n) is 3.27. The van der Waals surface area contributed by atoms with Crippen molar-refractivity contribution in [2.45, 2.75) is 0 Å². The van der Waals surface area contributed by atoms with Gasteiger partial charge in [0.2, 0.25) is 0 Å². The van der Waals surface area contributed by atoms with Gasteiger partial charge in [0, 0.05) is 36.9 Å². The predicted molar refractivity (Wildman–Crippen MR) is 62.0 cm³/mol. The molecule has 6 heteroatoms. The molecule has 0 aliphatic heterocycles. The molecule has 0 atom stereocenters. The third-order valence-corrected chi connectivity index (χ3v) is 1.93. The molecule has 0 fully saturated rings. The quantitative estimate of drug-likeness (QED) is 0.631. The van der Waals surface area contributed by atoms with Crippen LogP contribution in [0.5, 0.6) is 11.5 Å². The van der Waals surface area contributed by atoms with Gasteiger partial charge in [0.15, 0.2) is 0 Å². The fourth-order valence-electron chi connectivity index (χ4n) is 1.18. The minimum absolute atomic E-state index is 0.378. The van der Waals surface area contributed by atoms with Crippen LogP contribution in [0.1, 0.15) is 0 Å². The van der Waals surface area contributed by atoms with Crippen LogP contribution in [0.15, 0.2) is 49.1 Å². The molecule has 0 saturated carbocycles. The van der Waals surface area contributed by atoms with E-state index in [4.69, 9.17) is 9.47 Å². The number of hydrogen-bond acceptors (Lipinski definition) is 4. The summed E-state index contributed by atoms with van der Waals surface area (Å²) in [5, 5.41) is 0. The third-order valence-electron chi connectivity index (χ3n) is 1.93. The first kappa shape index (κ1) is 11.7. The predicted octanol–water partition coefficient (Wildman–Crippen LogP) is 1.41. The molecular formula is C12H10N2O4. The summed E-state index contributed by atoms with van der Waals surface area (Å²) in [4.78, 5) is 28.0. The smallest absolute Gasteiger partial charge is 0.336 e. The summed E-state index contributed by atoms with van der Waals surface area (Å²) in [6, 6.07) is 3.17. The van der Waals surface area contributed by atoms with E-state index in [1.165, 1.54) is 12.4 Å². The van der Waals surface area contributed by atoms with Crippen molar-refractivity contribution in [1.82, 2.24) is 9.97 Å². The van der Waals surface area contributed by atoms with Crippen molar-refractivity contribution in [3.8, 4) is 11.5 Å². The Hall–Kier alpha value is -2.76. The van der Waals surface area contributed by atoms with Crippen molar-refractivity contribution >= 4 is 11.9 Å². The van der Waals surface area contributed by atoms with Gasteiger partial charge in [-0.2, -0.15) is 0 Å². The number of carbonyl (C=O) groups excluding carboxylic acids is 2. The zero-order valence-corrected chi connectivity index (χ0v) is 9.25. The average molecular weight is 246 g/mol. The Kier molecular flexibility index (Phi) is 3.60. The van der Waals surface area contributed by atoms with Gasteiger partial charge in [-0.25, -0.2) is 9.59 Å². The summed E-state index contributed by atoms with van der Waals surface area (Å²) in [6.45, 7) is 0. The Labute approximate surface area is 102 Å². The standard InChI is InChI=1S/C12H10N2O4/c15-11(17-9-3-5-13-7-9)1-2-12(16)18-10-4-6-14-8-10/h1-8,13-14H/b2-1+. The Bertz CT molecular complexity index is 490.